The van der Waals surface area contributed by atoms with E-state index < -0.39 is 11.9 Å². The third-order valence-corrected chi connectivity index (χ3v) is 5.18. The van der Waals surface area contributed by atoms with Crippen molar-refractivity contribution in [1.82, 2.24) is 0 Å². The van der Waals surface area contributed by atoms with Crippen molar-refractivity contribution in [1.29, 1.82) is 0 Å². The first-order valence-corrected chi connectivity index (χ1v) is 12.6. The molecule has 31 heavy (non-hydrogen) atoms. The van der Waals surface area contributed by atoms with Gasteiger partial charge in [0, 0.05) is 0 Å². The largest absolute Gasteiger partial charge is 0.462 e. The predicted molar refractivity (Wildman–Crippen MR) is 128 cm³/mol. The van der Waals surface area contributed by atoms with Crippen molar-refractivity contribution in [2.24, 2.45) is 0 Å². The van der Waals surface area contributed by atoms with Gasteiger partial charge in [-0.1, -0.05) is 109 Å². The summed E-state index contributed by atoms with van der Waals surface area (Å²) in [5, 5.41) is 0. The third-order valence-electron chi connectivity index (χ3n) is 5.18. The zero-order valence-corrected chi connectivity index (χ0v) is 20.0. The van der Waals surface area contributed by atoms with E-state index in [1.54, 1.807) is 24.3 Å². The van der Waals surface area contributed by atoms with Gasteiger partial charge in [0.05, 0.1) is 24.3 Å². The fourth-order valence-corrected chi connectivity index (χ4v) is 3.09. The van der Waals surface area contributed by atoms with E-state index >= 15 is 0 Å². The van der Waals surface area contributed by atoms with Crippen molar-refractivity contribution in [3.8, 4) is 0 Å². The van der Waals surface area contributed by atoms with E-state index in [-0.39, 0.29) is 0 Å². The maximum absolute atomic E-state index is 12.4. The molecule has 0 radical (unpaired) electrons. The monoisotopic (exact) mass is 432 g/mol. The summed E-state index contributed by atoms with van der Waals surface area (Å²) in [7, 11) is 0. The summed E-state index contributed by atoms with van der Waals surface area (Å²) in [6.07, 6.45) is 18.1. The van der Waals surface area contributed by atoms with Crippen molar-refractivity contribution in [3.63, 3.8) is 0 Å². The Bertz CT molecular complexity index is 543. The first-order chi connectivity index (χ1) is 15.2. The quantitative estimate of drug-likeness (QED) is 0.197. The molecule has 0 aromatic heterocycles. The number of esters is 2. The van der Waals surface area contributed by atoms with Crippen molar-refractivity contribution in [2.75, 3.05) is 13.2 Å². The fraction of sp³-hybridized carbons (Fsp3) is 0.704. The Morgan fingerprint density at radius 3 is 1.32 bits per heavy atom. The summed E-state index contributed by atoms with van der Waals surface area (Å²) in [5.74, 6) is -0.888. The topological polar surface area (TPSA) is 52.6 Å². The molecular weight excluding hydrogens is 388 g/mol. The minimum atomic E-state index is -0.444. The molecule has 0 atom stereocenters. The molecule has 4 heteroatoms. The Labute approximate surface area is 190 Å². The lowest BCUT2D eigenvalue weighted by Gasteiger charge is -2.10. The highest BCUT2D eigenvalue weighted by Crippen LogP contribution is 2.15. The van der Waals surface area contributed by atoms with Crippen LogP contribution >= 0.6 is 0 Å². The van der Waals surface area contributed by atoms with Gasteiger partial charge in [-0.05, 0) is 25.0 Å². The number of carbonyl (C=O) groups excluding carboxylic acids is 2. The van der Waals surface area contributed by atoms with Gasteiger partial charge in [-0.3, -0.25) is 0 Å². The van der Waals surface area contributed by atoms with Gasteiger partial charge in [-0.2, -0.15) is 0 Å². The summed E-state index contributed by atoms with van der Waals surface area (Å²) in [5.41, 5.74) is 0.586. The second kappa shape index (κ2) is 18.9. The molecule has 0 N–H and O–H groups in total. The van der Waals surface area contributed by atoms with Crippen LogP contribution in [0.25, 0.3) is 0 Å². The Kier molecular flexibility index (Phi) is 16.6. The average molecular weight is 433 g/mol. The van der Waals surface area contributed by atoms with Gasteiger partial charge in [0.15, 0.2) is 0 Å². The number of unbranched alkanes of at least 4 members (excludes halogenated alkanes) is 10. The van der Waals surface area contributed by atoms with Crippen LogP contribution in [0.15, 0.2) is 24.3 Å². The molecule has 4 nitrogen and oxygen atoms in total. The smallest absolute Gasteiger partial charge is 0.339 e. The van der Waals surface area contributed by atoms with E-state index in [2.05, 4.69) is 13.8 Å². The van der Waals surface area contributed by atoms with E-state index in [4.69, 9.17) is 9.47 Å². The molecule has 176 valence electrons. The van der Waals surface area contributed by atoms with E-state index in [0.717, 1.165) is 25.7 Å². The van der Waals surface area contributed by atoms with Crippen LogP contribution in [-0.2, 0) is 9.47 Å². The molecular formula is C27H44O4. The van der Waals surface area contributed by atoms with Crippen molar-refractivity contribution >= 4 is 11.9 Å². The maximum Gasteiger partial charge on any atom is 0.339 e. The number of carbonyl (C=O) groups is 2. The standard InChI is InChI=1S/C24H38O4.C3H6/c1-3-5-7-9-11-15-19-27-23(25)21-17-13-14-18-22(21)24(26)28-20-16-12-10-8-6-4-2;1-2-3-1/h13-14,17-18H,3-12,15-16,19-20H2,1-2H3;1-3H2. The summed E-state index contributed by atoms with van der Waals surface area (Å²) in [6, 6.07) is 6.74. The minimum absolute atomic E-state index is 0.293. The molecule has 1 aromatic carbocycles. The first-order valence-electron chi connectivity index (χ1n) is 12.6. The average Bonchev–Trinajstić information content (AvgIpc) is 3.67. The Morgan fingerprint density at radius 2 is 0.968 bits per heavy atom. The second-order valence-corrected chi connectivity index (χ2v) is 8.41. The maximum atomic E-state index is 12.4. The highest BCUT2D eigenvalue weighted by Gasteiger charge is 2.18. The number of rotatable bonds is 16. The summed E-state index contributed by atoms with van der Waals surface area (Å²) in [4.78, 5) is 24.7. The van der Waals surface area contributed by atoms with Crippen LogP contribution in [0, 0.1) is 0 Å². The van der Waals surface area contributed by atoms with Crippen LogP contribution in [0.3, 0.4) is 0 Å². The molecule has 2 rings (SSSR count). The van der Waals surface area contributed by atoms with Gasteiger partial charge in [-0.15, -0.1) is 0 Å². The van der Waals surface area contributed by atoms with Gasteiger partial charge >= 0.3 is 11.9 Å². The van der Waals surface area contributed by atoms with E-state index in [9.17, 15) is 9.59 Å². The summed E-state index contributed by atoms with van der Waals surface area (Å²) in [6.45, 7) is 5.17. The molecule has 0 aliphatic heterocycles. The lowest BCUT2D eigenvalue weighted by atomic mass is 10.1. The Morgan fingerprint density at radius 1 is 0.613 bits per heavy atom. The van der Waals surface area contributed by atoms with Crippen LogP contribution in [0.1, 0.15) is 131 Å². The molecule has 1 aliphatic carbocycles. The Hall–Kier alpha value is -1.84. The minimum Gasteiger partial charge on any atom is -0.462 e. The van der Waals surface area contributed by atoms with Crippen LogP contribution in [0.5, 0.6) is 0 Å². The number of ether oxygens (including phenoxy) is 2. The predicted octanol–water partition coefficient (Wildman–Crippen LogP) is 7.89. The zero-order chi connectivity index (χ0) is 22.6. The van der Waals surface area contributed by atoms with Crippen LogP contribution < -0.4 is 0 Å². The normalized spacial score (nSPS) is 11.9. The highest BCUT2D eigenvalue weighted by atomic mass is 16.5. The molecule has 0 saturated heterocycles. The van der Waals surface area contributed by atoms with E-state index in [0.29, 0.717) is 24.3 Å². The molecule has 0 heterocycles. The van der Waals surface area contributed by atoms with Gasteiger partial charge in [0.25, 0.3) is 0 Å². The van der Waals surface area contributed by atoms with Gasteiger partial charge in [-0.25, -0.2) is 9.59 Å². The van der Waals surface area contributed by atoms with E-state index in [1.165, 1.54) is 70.6 Å². The lowest BCUT2D eigenvalue weighted by Crippen LogP contribution is -2.15. The highest BCUT2D eigenvalue weighted by molar-refractivity contribution is 6.03. The van der Waals surface area contributed by atoms with Crippen LogP contribution in [0.2, 0.25) is 0 Å². The molecule has 0 unspecified atom stereocenters. The van der Waals surface area contributed by atoms with Crippen molar-refractivity contribution in [3.05, 3.63) is 35.4 Å². The van der Waals surface area contributed by atoms with Gasteiger partial charge in [0.2, 0.25) is 0 Å². The zero-order valence-electron chi connectivity index (χ0n) is 20.0. The molecule has 1 aromatic rings. The molecule has 1 aliphatic rings. The first kappa shape index (κ1) is 27.2. The number of hydrogen-bond donors (Lipinski definition) is 0. The van der Waals surface area contributed by atoms with Crippen LogP contribution in [-0.4, -0.2) is 25.2 Å². The summed E-state index contributed by atoms with van der Waals surface area (Å²) >= 11 is 0. The fourth-order valence-electron chi connectivity index (χ4n) is 3.09. The van der Waals surface area contributed by atoms with Gasteiger partial charge in [0.1, 0.15) is 0 Å². The molecule has 0 bridgehead atoms. The SMILES string of the molecule is C1CC1.CCCCCCCCOC(=O)c1ccccc1C(=O)OCCCCCCCC. The lowest BCUT2D eigenvalue weighted by molar-refractivity contribution is 0.0450. The van der Waals surface area contributed by atoms with Gasteiger partial charge < -0.3 is 9.47 Å². The van der Waals surface area contributed by atoms with Crippen LogP contribution in [0.4, 0.5) is 0 Å². The number of benzene rings is 1. The van der Waals surface area contributed by atoms with Crippen molar-refractivity contribution in [2.45, 2.75) is 110 Å². The Balaban J connectivity index is 0.00000146. The molecule has 1 saturated carbocycles. The molecule has 1 fully saturated rings. The summed E-state index contributed by atoms with van der Waals surface area (Å²) < 4.78 is 10.7. The molecule has 0 spiro atoms. The second-order valence-electron chi connectivity index (χ2n) is 8.41. The number of hydrogen-bond acceptors (Lipinski definition) is 4. The van der Waals surface area contributed by atoms with E-state index in [1.807, 2.05) is 0 Å². The van der Waals surface area contributed by atoms with Crippen molar-refractivity contribution < 1.29 is 19.1 Å². The third kappa shape index (κ3) is 14.7. The molecule has 0 amide bonds.